The highest BCUT2D eigenvalue weighted by Crippen LogP contribution is 2.34. The molecule has 1 amide bonds. The van der Waals surface area contributed by atoms with Crippen LogP contribution in [0.5, 0.6) is 0 Å². The largest absolute Gasteiger partial charge is 0.306 e. The second-order valence-electron chi connectivity index (χ2n) is 7.30. The maximum absolute atomic E-state index is 13.0. The number of hydrogen-bond donors (Lipinski definition) is 0. The third-order valence-electron chi connectivity index (χ3n) is 5.36. The number of nitrogens with zero attached hydrogens (tertiary/aromatic N) is 2. The van der Waals surface area contributed by atoms with Gasteiger partial charge < -0.3 is 4.90 Å². The van der Waals surface area contributed by atoms with Crippen LogP contribution in [0.1, 0.15) is 11.1 Å². The fraction of sp³-hybridized carbons (Fsp3) is 0.350. The van der Waals surface area contributed by atoms with E-state index in [9.17, 15) is 13.2 Å². The van der Waals surface area contributed by atoms with Crippen LogP contribution in [-0.4, -0.2) is 49.4 Å². The Morgan fingerprint density at radius 1 is 1.07 bits per heavy atom. The minimum absolute atomic E-state index is 0.0137. The van der Waals surface area contributed by atoms with Gasteiger partial charge in [0.2, 0.25) is 5.91 Å². The quantitative estimate of drug-likeness (QED) is 0.789. The molecule has 2 aliphatic heterocycles. The van der Waals surface area contributed by atoms with E-state index >= 15 is 0 Å². The molecular weight excluding hydrogens is 384 g/mol. The maximum atomic E-state index is 13.0. The van der Waals surface area contributed by atoms with Crippen LogP contribution in [0, 0.1) is 6.92 Å². The van der Waals surface area contributed by atoms with E-state index in [-0.39, 0.29) is 30.0 Å². The number of aryl methyl sites for hydroxylation is 1. The van der Waals surface area contributed by atoms with Crippen LogP contribution in [0.25, 0.3) is 0 Å². The van der Waals surface area contributed by atoms with Crippen molar-refractivity contribution >= 4 is 33.0 Å². The van der Waals surface area contributed by atoms with Crippen LogP contribution in [0.4, 0.5) is 5.69 Å². The fourth-order valence-corrected chi connectivity index (χ4v) is 6.17. The van der Waals surface area contributed by atoms with Gasteiger partial charge in [-0.05, 0) is 30.2 Å². The Morgan fingerprint density at radius 3 is 2.48 bits per heavy atom. The zero-order valence-corrected chi connectivity index (χ0v) is 16.6. The Labute approximate surface area is 164 Å². The minimum atomic E-state index is -3.21. The van der Waals surface area contributed by atoms with Gasteiger partial charge in [-0.25, -0.2) is 8.42 Å². The third kappa shape index (κ3) is 3.61. The van der Waals surface area contributed by atoms with E-state index in [0.717, 1.165) is 11.1 Å². The Balaban J connectivity index is 1.68. The highest BCUT2D eigenvalue weighted by molar-refractivity contribution is 7.91. The summed E-state index contributed by atoms with van der Waals surface area (Å²) in [6.07, 6.45) is 0. The molecule has 0 aliphatic carbocycles. The summed E-state index contributed by atoms with van der Waals surface area (Å²) in [4.78, 5) is 16.6. The number of hydrogen-bond acceptors (Lipinski definition) is 4. The van der Waals surface area contributed by atoms with Gasteiger partial charge in [0.15, 0.2) is 9.84 Å². The lowest BCUT2D eigenvalue weighted by Gasteiger charge is -2.43. The Morgan fingerprint density at radius 2 is 1.78 bits per heavy atom. The molecule has 2 atom stereocenters. The predicted molar refractivity (Wildman–Crippen MR) is 107 cm³/mol. The summed E-state index contributed by atoms with van der Waals surface area (Å²) >= 11 is 6.25. The Bertz CT molecular complexity index is 978. The van der Waals surface area contributed by atoms with Crippen molar-refractivity contribution in [3.05, 3.63) is 64.7 Å². The van der Waals surface area contributed by atoms with Gasteiger partial charge >= 0.3 is 0 Å². The number of halogens is 1. The molecule has 2 aliphatic rings. The lowest BCUT2D eigenvalue weighted by molar-refractivity contribution is -0.123. The molecule has 27 heavy (non-hydrogen) atoms. The number of sulfone groups is 1. The number of carbonyl (C=O) groups excluding carboxylic acids is 1. The molecule has 2 heterocycles. The van der Waals surface area contributed by atoms with Crippen molar-refractivity contribution in [2.45, 2.75) is 25.6 Å². The van der Waals surface area contributed by atoms with Crippen LogP contribution < -0.4 is 4.90 Å². The first-order valence-electron chi connectivity index (χ1n) is 8.91. The molecule has 2 saturated heterocycles. The third-order valence-corrected chi connectivity index (χ3v) is 7.47. The van der Waals surface area contributed by atoms with Crippen LogP contribution in [0.15, 0.2) is 48.5 Å². The SMILES string of the molecule is Cc1ccc(N2C(=O)CN(Cc3ccccc3)C3CS(=O)(=O)CC32)cc1Cl. The standard InChI is InChI=1S/C20H21ClN2O3S/c1-14-7-8-16(9-17(14)21)23-19-13-27(25,26)12-18(19)22(11-20(23)24)10-15-5-3-2-4-6-15/h2-9,18-19H,10-13H2,1H3. The molecule has 2 fully saturated rings. The van der Waals surface area contributed by atoms with Gasteiger partial charge in [0.05, 0.1) is 24.1 Å². The number of rotatable bonds is 3. The van der Waals surface area contributed by atoms with Gasteiger partial charge in [-0.1, -0.05) is 48.0 Å². The molecule has 0 saturated carbocycles. The van der Waals surface area contributed by atoms with Gasteiger partial charge in [-0.15, -0.1) is 0 Å². The molecule has 0 N–H and O–H groups in total. The Hall–Kier alpha value is -1.89. The molecule has 7 heteroatoms. The molecular formula is C20H21ClN2O3S. The molecule has 4 rings (SSSR count). The summed E-state index contributed by atoms with van der Waals surface area (Å²) in [5, 5.41) is 0.574. The van der Waals surface area contributed by atoms with Gasteiger partial charge in [0.25, 0.3) is 0 Å². The van der Waals surface area contributed by atoms with Gasteiger partial charge in [-0.2, -0.15) is 0 Å². The minimum Gasteiger partial charge on any atom is -0.306 e. The van der Waals surface area contributed by atoms with Gasteiger partial charge in [-0.3, -0.25) is 9.69 Å². The molecule has 2 aromatic carbocycles. The summed E-state index contributed by atoms with van der Waals surface area (Å²) in [5.74, 6) is -0.0298. The lowest BCUT2D eigenvalue weighted by Crippen LogP contribution is -2.61. The van der Waals surface area contributed by atoms with E-state index in [2.05, 4.69) is 0 Å². The van der Waals surface area contributed by atoms with Gasteiger partial charge in [0, 0.05) is 23.3 Å². The maximum Gasteiger partial charge on any atom is 0.241 e. The molecule has 0 aromatic heterocycles. The smallest absolute Gasteiger partial charge is 0.241 e. The van der Waals surface area contributed by atoms with Crippen molar-refractivity contribution in [1.82, 2.24) is 4.90 Å². The summed E-state index contributed by atoms with van der Waals surface area (Å²) < 4.78 is 24.8. The zero-order chi connectivity index (χ0) is 19.2. The second-order valence-corrected chi connectivity index (χ2v) is 9.86. The highest BCUT2D eigenvalue weighted by atomic mass is 35.5. The zero-order valence-electron chi connectivity index (χ0n) is 15.0. The molecule has 0 bridgehead atoms. The number of anilines is 1. The predicted octanol–water partition coefficient (Wildman–Crippen LogP) is 2.66. The van der Waals surface area contributed by atoms with Gasteiger partial charge in [0.1, 0.15) is 0 Å². The van der Waals surface area contributed by atoms with Crippen LogP contribution in [0.3, 0.4) is 0 Å². The van der Waals surface area contributed by atoms with E-state index in [1.807, 2.05) is 54.3 Å². The van der Waals surface area contributed by atoms with Crippen molar-refractivity contribution in [3.8, 4) is 0 Å². The average Bonchev–Trinajstić information content (AvgIpc) is 2.94. The summed E-state index contributed by atoms with van der Waals surface area (Å²) in [6, 6.07) is 14.7. The van der Waals surface area contributed by atoms with Crippen molar-refractivity contribution in [2.24, 2.45) is 0 Å². The summed E-state index contributed by atoms with van der Waals surface area (Å²) in [7, 11) is -3.21. The molecule has 5 nitrogen and oxygen atoms in total. The van der Waals surface area contributed by atoms with Crippen molar-refractivity contribution in [3.63, 3.8) is 0 Å². The van der Waals surface area contributed by atoms with Crippen molar-refractivity contribution < 1.29 is 13.2 Å². The van der Waals surface area contributed by atoms with E-state index < -0.39 is 15.9 Å². The molecule has 0 spiro atoms. The normalized spacial score (nSPS) is 24.8. The van der Waals surface area contributed by atoms with Crippen LogP contribution in [-0.2, 0) is 21.2 Å². The van der Waals surface area contributed by atoms with E-state index in [1.54, 1.807) is 11.0 Å². The van der Waals surface area contributed by atoms with Crippen LogP contribution >= 0.6 is 11.6 Å². The molecule has 2 unspecified atom stereocenters. The van der Waals surface area contributed by atoms with E-state index in [0.29, 0.717) is 17.3 Å². The summed E-state index contributed by atoms with van der Waals surface area (Å²) in [5.41, 5.74) is 2.66. The first-order valence-corrected chi connectivity index (χ1v) is 11.1. The number of carbonyl (C=O) groups is 1. The first-order chi connectivity index (χ1) is 12.8. The van der Waals surface area contributed by atoms with E-state index in [4.69, 9.17) is 11.6 Å². The first kappa shape index (κ1) is 18.5. The Kier molecular flexibility index (Phi) is 4.74. The average molecular weight is 405 g/mol. The number of fused-ring (bicyclic) bond motifs is 1. The molecule has 142 valence electrons. The number of benzene rings is 2. The van der Waals surface area contributed by atoms with E-state index in [1.165, 1.54) is 0 Å². The van der Waals surface area contributed by atoms with Crippen molar-refractivity contribution in [1.29, 1.82) is 0 Å². The monoisotopic (exact) mass is 404 g/mol. The summed E-state index contributed by atoms with van der Waals surface area (Å²) in [6.45, 7) is 2.65. The van der Waals surface area contributed by atoms with Crippen LogP contribution in [0.2, 0.25) is 5.02 Å². The fourth-order valence-electron chi connectivity index (χ4n) is 4.02. The number of piperazine rings is 1. The lowest BCUT2D eigenvalue weighted by atomic mass is 10.0. The molecule has 2 aromatic rings. The number of amides is 1. The molecule has 0 radical (unpaired) electrons. The van der Waals surface area contributed by atoms with Crippen molar-refractivity contribution in [2.75, 3.05) is 23.0 Å². The highest BCUT2D eigenvalue weighted by Gasteiger charge is 2.49. The topological polar surface area (TPSA) is 57.7 Å². The second kappa shape index (κ2) is 6.93.